The van der Waals surface area contributed by atoms with E-state index in [1.807, 2.05) is 41.1 Å². The summed E-state index contributed by atoms with van der Waals surface area (Å²) in [7, 11) is 0. The van der Waals surface area contributed by atoms with Crippen molar-refractivity contribution < 1.29 is 0 Å². The second-order valence-electron chi connectivity index (χ2n) is 2.30. The van der Waals surface area contributed by atoms with Crippen LogP contribution in [-0.4, -0.2) is 4.40 Å². The zero-order valence-corrected chi connectivity index (χ0v) is 5.49. The van der Waals surface area contributed by atoms with Crippen molar-refractivity contribution in [1.29, 1.82) is 0 Å². The summed E-state index contributed by atoms with van der Waals surface area (Å²) in [5, 5.41) is 0. The molecule has 2 aromatic heterocycles. The molecule has 2 rings (SSSR count). The van der Waals surface area contributed by atoms with Gasteiger partial charge < -0.3 is 10.1 Å². The second-order valence-corrected chi connectivity index (χ2v) is 2.30. The number of hydrogen-bond acceptors (Lipinski definition) is 1. The largest absolute Gasteiger partial charge is 0.398 e. The molecule has 0 spiro atoms. The van der Waals surface area contributed by atoms with Crippen LogP contribution in [0.15, 0.2) is 36.7 Å². The average molecular weight is 132 g/mol. The lowest BCUT2D eigenvalue weighted by Crippen LogP contribution is -1.87. The van der Waals surface area contributed by atoms with Crippen molar-refractivity contribution in [2.75, 3.05) is 5.73 Å². The van der Waals surface area contributed by atoms with E-state index in [9.17, 15) is 0 Å². The SMILES string of the molecule is Nc1ccc2cccn2c1. The maximum Gasteiger partial charge on any atom is 0.0483 e. The van der Waals surface area contributed by atoms with E-state index >= 15 is 0 Å². The molecule has 0 saturated heterocycles. The Labute approximate surface area is 58.9 Å². The fourth-order valence-electron chi connectivity index (χ4n) is 1.05. The molecule has 0 saturated carbocycles. The molecule has 2 aromatic rings. The van der Waals surface area contributed by atoms with E-state index in [2.05, 4.69) is 0 Å². The summed E-state index contributed by atoms with van der Waals surface area (Å²) in [5.41, 5.74) is 7.53. The first-order valence-corrected chi connectivity index (χ1v) is 3.18. The van der Waals surface area contributed by atoms with E-state index in [4.69, 9.17) is 5.73 Å². The average Bonchev–Trinajstić information content (AvgIpc) is 2.33. The van der Waals surface area contributed by atoms with E-state index in [-0.39, 0.29) is 0 Å². The number of nitrogens with zero attached hydrogens (tertiary/aromatic N) is 1. The summed E-state index contributed by atoms with van der Waals surface area (Å²) < 4.78 is 2.00. The summed E-state index contributed by atoms with van der Waals surface area (Å²) >= 11 is 0. The molecule has 0 unspecified atom stereocenters. The third kappa shape index (κ3) is 0.658. The summed E-state index contributed by atoms with van der Waals surface area (Å²) in [6.07, 6.45) is 3.88. The predicted molar refractivity (Wildman–Crippen MR) is 41.8 cm³/mol. The van der Waals surface area contributed by atoms with Crippen LogP contribution in [-0.2, 0) is 0 Å². The smallest absolute Gasteiger partial charge is 0.0483 e. The van der Waals surface area contributed by atoms with Crippen molar-refractivity contribution >= 4 is 11.2 Å². The van der Waals surface area contributed by atoms with Crippen molar-refractivity contribution in [2.45, 2.75) is 0 Å². The van der Waals surface area contributed by atoms with Gasteiger partial charge in [0, 0.05) is 23.6 Å². The first-order valence-electron chi connectivity index (χ1n) is 3.18. The number of pyridine rings is 1. The van der Waals surface area contributed by atoms with Crippen LogP contribution in [0.4, 0.5) is 5.69 Å². The number of anilines is 1. The highest BCUT2D eigenvalue weighted by Crippen LogP contribution is 2.07. The Morgan fingerprint density at radius 2 is 2.10 bits per heavy atom. The molecule has 0 bridgehead atoms. The Bertz CT molecular complexity index is 349. The first-order chi connectivity index (χ1) is 4.86. The number of rotatable bonds is 0. The van der Waals surface area contributed by atoms with Gasteiger partial charge in [0.15, 0.2) is 0 Å². The van der Waals surface area contributed by atoms with Gasteiger partial charge in [-0.05, 0) is 24.3 Å². The van der Waals surface area contributed by atoms with Crippen LogP contribution in [0.3, 0.4) is 0 Å². The molecule has 50 valence electrons. The van der Waals surface area contributed by atoms with Crippen LogP contribution in [0.1, 0.15) is 0 Å². The molecule has 10 heavy (non-hydrogen) atoms. The number of nitrogen functional groups attached to an aromatic ring is 1. The predicted octanol–water partition coefficient (Wildman–Crippen LogP) is 1.52. The van der Waals surface area contributed by atoms with Crippen LogP contribution in [0, 0.1) is 0 Å². The lowest BCUT2D eigenvalue weighted by atomic mass is 10.4. The van der Waals surface area contributed by atoms with Crippen molar-refractivity contribution in [1.82, 2.24) is 4.40 Å². The lowest BCUT2D eigenvalue weighted by molar-refractivity contribution is 1.20. The van der Waals surface area contributed by atoms with Gasteiger partial charge in [-0.25, -0.2) is 0 Å². The van der Waals surface area contributed by atoms with Gasteiger partial charge in [0.25, 0.3) is 0 Å². The highest BCUT2D eigenvalue weighted by molar-refractivity contribution is 5.52. The van der Waals surface area contributed by atoms with Crippen molar-refractivity contribution in [3.63, 3.8) is 0 Å². The van der Waals surface area contributed by atoms with Crippen LogP contribution in [0.5, 0.6) is 0 Å². The molecule has 0 radical (unpaired) electrons. The third-order valence-corrected chi connectivity index (χ3v) is 1.55. The lowest BCUT2D eigenvalue weighted by Gasteiger charge is -1.94. The van der Waals surface area contributed by atoms with E-state index < -0.39 is 0 Å². The highest BCUT2D eigenvalue weighted by Gasteiger charge is 1.88. The van der Waals surface area contributed by atoms with E-state index in [0.717, 1.165) is 5.69 Å². The number of nitrogens with two attached hydrogens (primary N) is 1. The van der Waals surface area contributed by atoms with Gasteiger partial charge in [-0.2, -0.15) is 0 Å². The topological polar surface area (TPSA) is 30.4 Å². The minimum atomic E-state index is 0.795. The molecular formula is C8H8N2. The van der Waals surface area contributed by atoms with Gasteiger partial charge in [0.1, 0.15) is 0 Å². The zero-order chi connectivity index (χ0) is 6.97. The molecule has 0 atom stereocenters. The first kappa shape index (κ1) is 5.35. The monoisotopic (exact) mass is 132 g/mol. The summed E-state index contributed by atoms with van der Waals surface area (Å²) in [6.45, 7) is 0. The van der Waals surface area contributed by atoms with Crippen LogP contribution < -0.4 is 5.73 Å². The standard InChI is InChI=1S/C8H8N2/c9-7-3-4-8-2-1-5-10(8)6-7/h1-6H,9H2. The van der Waals surface area contributed by atoms with Crippen molar-refractivity contribution in [3.8, 4) is 0 Å². The normalized spacial score (nSPS) is 10.4. The highest BCUT2D eigenvalue weighted by atomic mass is 14.9. The van der Waals surface area contributed by atoms with E-state index in [1.165, 1.54) is 5.52 Å². The van der Waals surface area contributed by atoms with Gasteiger partial charge >= 0.3 is 0 Å². The Kier molecular flexibility index (Phi) is 0.947. The molecule has 0 fully saturated rings. The Morgan fingerprint density at radius 1 is 1.20 bits per heavy atom. The van der Waals surface area contributed by atoms with Gasteiger partial charge in [0.05, 0.1) is 0 Å². The fraction of sp³-hybridized carbons (Fsp3) is 0. The minimum absolute atomic E-state index is 0.795. The molecule has 0 aliphatic heterocycles. The van der Waals surface area contributed by atoms with Gasteiger partial charge in [-0.3, -0.25) is 0 Å². The molecule has 2 N–H and O–H groups in total. The van der Waals surface area contributed by atoms with Gasteiger partial charge in [-0.1, -0.05) is 0 Å². The van der Waals surface area contributed by atoms with E-state index in [0.29, 0.717) is 0 Å². The summed E-state index contributed by atoms with van der Waals surface area (Å²) in [4.78, 5) is 0. The Balaban J connectivity index is 2.86. The zero-order valence-electron chi connectivity index (χ0n) is 5.49. The van der Waals surface area contributed by atoms with Crippen LogP contribution in [0.2, 0.25) is 0 Å². The maximum absolute atomic E-state index is 5.56. The number of hydrogen-bond donors (Lipinski definition) is 1. The third-order valence-electron chi connectivity index (χ3n) is 1.55. The Morgan fingerprint density at radius 3 is 3.00 bits per heavy atom. The van der Waals surface area contributed by atoms with Crippen LogP contribution in [0.25, 0.3) is 5.52 Å². The number of fused-ring (bicyclic) bond motifs is 1. The fourth-order valence-corrected chi connectivity index (χ4v) is 1.05. The molecule has 0 aliphatic rings. The Hall–Kier alpha value is -1.44. The van der Waals surface area contributed by atoms with Crippen LogP contribution >= 0.6 is 0 Å². The molecular weight excluding hydrogens is 124 g/mol. The molecule has 0 amide bonds. The van der Waals surface area contributed by atoms with Gasteiger partial charge in [0.2, 0.25) is 0 Å². The molecule has 2 heteroatoms. The minimum Gasteiger partial charge on any atom is -0.398 e. The molecule has 2 heterocycles. The second kappa shape index (κ2) is 1.77. The quantitative estimate of drug-likeness (QED) is 0.578. The van der Waals surface area contributed by atoms with Crippen molar-refractivity contribution in [2.24, 2.45) is 0 Å². The molecule has 0 aromatic carbocycles. The van der Waals surface area contributed by atoms with Crippen molar-refractivity contribution in [3.05, 3.63) is 36.7 Å². The summed E-state index contributed by atoms with van der Waals surface area (Å²) in [6, 6.07) is 7.93. The summed E-state index contributed by atoms with van der Waals surface area (Å²) in [5.74, 6) is 0. The maximum atomic E-state index is 5.56. The number of aromatic nitrogens is 1. The van der Waals surface area contributed by atoms with Gasteiger partial charge in [-0.15, -0.1) is 0 Å². The molecule has 2 nitrogen and oxygen atoms in total. The van der Waals surface area contributed by atoms with E-state index in [1.54, 1.807) is 0 Å². The molecule has 0 aliphatic carbocycles.